The highest BCUT2D eigenvalue weighted by molar-refractivity contribution is 7.18. The van der Waals surface area contributed by atoms with Gasteiger partial charge in [-0.15, -0.1) is 11.3 Å². The van der Waals surface area contributed by atoms with Crippen molar-refractivity contribution in [2.75, 3.05) is 26.4 Å². The average molecular weight is 725 g/mol. The van der Waals surface area contributed by atoms with E-state index in [0.29, 0.717) is 32.0 Å². The van der Waals surface area contributed by atoms with Gasteiger partial charge < -0.3 is 18.9 Å². The number of ether oxygens (including phenoxy) is 4. The molecular weight excluding hydrogens is 673 g/mol. The van der Waals surface area contributed by atoms with Crippen LogP contribution in [0.2, 0.25) is 0 Å². The van der Waals surface area contributed by atoms with Gasteiger partial charge in [0.1, 0.15) is 5.75 Å². The lowest BCUT2D eigenvalue weighted by Crippen LogP contribution is -2.06. The molecule has 276 valence electrons. The number of carbonyl (C=O) groups excluding carboxylic acids is 3. The lowest BCUT2D eigenvalue weighted by Gasteiger charge is -2.10. The number of carbonyl (C=O) groups is 3. The third-order valence-electron chi connectivity index (χ3n) is 8.83. The second-order valence-corrected chi connectivity index (χ2v) is 14.0. The van der Waals surface area contributed by atoms with Gasteiger partial charge in [-0.25, -0.2) is 14.4 Å². The molecule has 4 rings (SSSR count). The minimum Gasteiger partial charge on any atom is -0.494 e. The molecule has 0 bridgehead atoms. The van der Waals surface area contributed by atoms with E-state index in [1.807, 2.05) is 18.2 Å². The van der Waals surface area contributed by atoms with Gasteiger partial charge in [0.2, 0.25) is 0 Å². The Morgan fingerprint density at radius 1 is 0.577 bits per heavy atom. The van der Waals surface area contributed by atoms with Gasteiger partial charge in [-0.3, -0.25) is 0 Å². The Bertz CT molecular complexity index is 1770. The second-order valence-electron chi connectivity index (χ2n) is 12.9. The highest BCUT2D eigenvalue weighted by Crippen LogP contribution is 2.38. The minimum atomic E-state index is -0.374. The van der Waals surface area contributed by atoms with Crippen LogP contribution in [0.15, 0.2) is 92.0 Å². The first-order valence-electron chi connectivity index (χ1n) is 18.5. The van der Waals surface area contributed by atoms with Crippen molar-refractivity contribution in [3.05, 3.63) is 103 Å². The number of unbranched alkanes of at least 4 members (excludes halogenated alkanes) is 10. The molecule has 0 aliphatic carbocycles. The lowest BCUT2D eigenvalue weighted by atomic mass is 10.0. The third-order valence-corrected chi connectivity index (χ3v) is 10.00. The summed E-state index contributed by atoms with van der Waals surface area (Å²) in [5, 5.41) is 2.08. The zero-order valence-corrected chi connectivity index (χ0v) is 31.3. The molecule has 1 heterocycles. The molecule has 4 aromatic rings. The molecule has 52 heavy (non-hydrogen) atoms. The molecule has 0 fully saturated rings. The van der Waals surface area contributed by atoms with Crippen LogP contribution in [0.3, 0.4) is 0 Å². The van der Waals surface area contributed by atoms with E-state index in [9.17, 15) is 14.4 Å². The van der Waals surface area contributed by atoms with Gasteiger partial charge in [0, 0.05) is 21.9 Å². The van der Waals surface area contributed by atoms with Gasteiger partial charge in [-0.2, -0.15) is 0 Å². The average Bonchev–Trinajstić information content (AvgIpc) is 3.65. The van der Waals surface area contributed by atoms with Crippen LogP contribution < -0.4 is 4.74 Å². The summed E-state index contributed by atoms with van der Waals surface area (Å²) in [5.41, 5.74) is 4.09. The maximum atomic E-state index is 12.7. The molecule has 1 aromatic heterocycles. The van der Waals surface area contributed by atoms with Crippen LogP contribution in [-0.2, 0) is 23.8 Å². The van der Waals surface area contributed by atoms with Gasteiger partial charge in [0.25, 0.3) is 0 Å². The highest BCUT2D eigenvalue weighted by Gasteiger charge is 2.12. The largest absolute Gasteiger partial charge is 0.494 e. The first-order chi connectivity index (χ1) is 25.4. The van der Waals surface area contributed by atoms with Crippen molar-refractivity contribution in [1.29, 1.82) is 0 Å². The molecule has 3 aromatic carbocycles. The molecule has 0 atom stereocenters. The molecule has 0 saturated heterocycles. The number of hydrogen-bond acceptors (Lipinski definition) is 8. The van der Waals surface area contributed by atoms with Crippen molar-refractivity contribution in [2.24, 2.45) is 0 Å². The molecule has 0 amide bonds. The maximum Gasteiger partial charge on any atom is 0.338 e. The quantitative estimate of drug-likeness (QED) is 0.0308. The summed E-state index contributed by atoms with van der Waals surface area (Å²) in [6.07, 6.45) is 14.5. The SMILES string of the molecule is C=CC(=O)OCCCCCCCCOC(=O)c1ccc2cc(-c3ccc(-c4ccc(OCCCCCCCCOC(=O)C=C)cc4C)s3)ccc2c1. The van der Waals surface area contributed by atoms with Crippen LogP contribution in [0, 0.1) is 6.92 Å². The Morgan fingerprint density at radius 3 is 1.73 bits per heavy atom. The van der Waals surface area contributed by atoms with Crippen LogP contribution in [0.4, 0.5) is 0 Å². The molecule has 0 unspecified atom stereocenters. The fourth-order valence-corrected chi connectivity index (χ4v) is 6.98. The summed E-state index contributed by atoms with van der Waals surface area (Å²) in [4.78, 5) is 37.2. The van der Waals surface area contributed by atoms with Crippen molar-refractivity contribution < 1.29 is 33.3 Å². The Kier molecular flexibility index (Phi) is 17.2. The van der Waals surface area contributed by atoms with Crippen LogP contribution in [-0.4, -0.2) is 44.3 Å². The van der Waals surface area contributed by atoms with Crippen LogP contribution in [0.5, 0.6) is 5.75 Å². The summed E-state index contributed by atoms with van der Waals surface area (Å²) in [5.74, 6) is -0.121. The molecule has 0 N–H and O–H groups in total. The normalized spacial score (nSPS) is 10.9. The van der Waals surface area contributed by atoms with Gasteiger partial charge in [-0.05, 0) is 109 Å². The van der Waals surface area contributed by atoms with Crippen molar-refractivity contribution >= 4 is 40.0 Å². The van der Waals surface area contributed by atoms with Crippen molar-refractivity contribution in [3.8, 4) is 26.6 Å². The van der Waals surface area contributed by atoms with Gasteiger partial charge in [0.15, 0.2) is 0 Å². The molecule has 0 radical (unpaired) electrons. The Hall–Kier alpha value is -4.69. The summed E-state index contributed by atoms with van der Waals surface area (Å²) in [6, 6.07) is 22.8. The maximum absolute atomic E-state index is 12.7. The number of aryl methyl sites for hydroxylation is 1. The molecule has 0 spiro atoms. The standard InChI is InChI=1S/C44H52O7S/c1-4-42(45)49-27-15-11-7-6-10-14-26-48-38-22-23-39(33(3)30-38)41-25-24-40(52-41)36-20-18-35-32-37(21-19-34(35)31-36)44(47)51-29-17-13-9-8-12-16-28-50-43(46)5-2/h4-5,18-25,30-32H,1-2,6-17,26-29H2,3H3. The summed E-state index contributed by atoms with van der Waals surface area (Å²) >= 11 is 1.77. The molecule has 0 saturated carbocycles. The van der Waals surface area contributed by atoms with E-state index >= 15 is 0 Å². The Labute approximate surface area is 312 Å². The third kappa shape index (κ3) is 13.5. The van der Waals surface area contributed by atoms with Crippen LogP contribution in [0.25, 0.3) is 31.7 Å². The Balaban J connectivity index is 1.17. The number of esters is 3. The molecule has 8 heteroatoms. The van der Waals surface area contributed by atoms with E-state index in [1.54, 1.807) is 11.3 Å². The summed E-state index contributed by atoms with van der Waals surface area (Å²) in [7, 11) is 0. The number of rotatable bonds is 24. The van der Waals surface area contributed by atoms with E-state index < -0.39 is 0 Å². The fraction of sp³-hybridized carbons (Fsp3) is 0.386. The summed E-state index contributed by atoms with van der Waals surface area (Å²) in [6.45, 7) is 10.9. The topological polar surface area (TPSA) is 88.1 Å². The van der Waals surface area contributed by atoms with E-state index in [4.69, 9.17) is 18.9 Å². The van der Waals surface area contributed by atoms with Crippen molar-refractivity contribution in [2.45, 2.75) is 84.0 Å². The monoisotopic (exact) mass is 724 g/mol. The number of hydrogen-bond donors (Lipinski definition) is 0. The van der Waals surface area contributed by atoms with Gasteiger partial charge in [0.05, 0.1) is 32.0 Å². The zero-order valence-electron chi connectivity index (χ0n) is 30.5. The zero-order chi connectivity index (χ0) is 37.0. The molecule has 7 nitrogen and oxygen atoms in total. The van der Waals surface area contributed by atoms with Gasteiger partial charge in [-0.1, -0.05) is 82.7 Å². The van der Waals surface area contributed by atoms with E-state index in [1.165, 1.54) is 33.0 Å². The van der Waals surface area contributed by atoms with Crippen molar-refractivity contribution in [3.63, 3.8) is 0 Å². The molecular formula is C44H52O7S. The highest BCUT2D eigenvalue weighted by atomic mass is 32.1. The summed E-state index contributed by atoms with van der Waals surface area (Å²) < 4.78 is 21.6. The van der Waals surface area contributed by atoms with Crippen molar-refractivity contribution in [1.82, 2.24) is 0 Å². The smallest absolute Gasteiger partial charge is 0.338 e. The Morgan fingerprint density at radius 2 is 1.12 bits per heavy atom. The first-order valence-corrected chi connectivity index (χ1v) is 19.3. The minimum absolute atomic E-state index is 0.293. The number of benzene rings is 3. The predicted molar refractivity (Wildman–Crippen MR) is 211 cm³/mol. The molecule has 0 aliphatic heterocycles. The molecule has 0 aliphatic rings. The van der Waals surface area contributed by atoms with E-state index in [0.717, 1.165) is 99.1 Å². The predicted octanol–water partition coefficient (Wildman–Crippen LogP) is 11.2. The fourth-order valence-electron chi connectivity index (χ4n) is 5.89. The van der Waals surface area contributed by atoms with E-state index in [-0.39, 0.29) is 17.9 Å². The van der Waals surface area contributed by atoms with Gasteiger partial charge >= 0.3 is 17.9 Å². The number of thiophene rings is 1. The first kappa shape index (κ1) is 40.1. The van der Waals surface area contributed by atoms with Crippen LogP contribution >= 0.6 is 11.3 Å². The van der Waals surface area contributed by atoms with E-state index in [2.05, 4.69) is 68.6 Å². The number of fused-ring (bicyclic) bond motifs is 1. The lowest BCUT2D eigenvalue weighted by molar-refractivity contribution is -0.138. The second kappa shape index (κ2) is 22.3. The van der Waals surface area contributed by atoms with Crippen LogP contribution in [0.1, 0.15) is 93.0 Å².